The van der Waals surface area contributed by atoms with E-state index in [0.29, 0.717) is 24.5 Å². The molecule has 2 heterocycles. The van der Waals surface area contributed by atoms with Crippen LogP contribution in [0.3, 0.4) is 0 Å². The Morgan fingerprint density at radius 1 is 1.42 bits per heavy atom. The first kappa shape index (κ1) is 16.5. The van der Waals surface area contributed by atoms with Gasteiger partial charge in [0.1, 0.15) is 5.76 Å². The number of nitrogens with zero attached hydrogens (tertiary/aromatic N) is 2. The lowest BCUT2D eigenvalue weighted by molar-refractivity contribution is -0.126. The zero-order valence-corrected chi connectivity index (χ0v) is 14.0. The molecule has 7 heteroatoms. The van der Waals surface area contributed by atoms with Gasteiger partial charge in [0.25, 0.3) is 0 Å². The van der Waals surface area contributed by atoms with Crippen LogP contribution in [-0.4, -0.2) is 30.1 Å². The standard InChI is InChI=1S/C17H18ClN3O3/c1-11-8-15(24-20-11)6-7-19-17(23)12-9-16(22)21(10-12)14-4-2-13(18)3-5-14/h2-5,8,12H,6-7,9-10H2,1H3,(H,19,23)/t12-/m1/s1. The van der Waals surface area contributed by atoms with Gasteiger partial charge in [-0.3, -0.25) is 9.59 Å². The maximum atomic E-state index is 12.3. The van der Waals surface area contributed by atoms with E-state index in [-0.39, 0.29) is 24.2 Å². The van der Waals surface area contributed by atoms with Gasteiger partial charge in [0, 0.05) is 42.7 Å². The molecule has 0 spiro atoms. The molecular weight excluding hydrogens is 330 g/mol. The molecule has 0 saturated carbocycles. The second-order valence-corrected chi connectivity index (χ2v) is 6.29. The van der Waals surface area contributed by atoms with Crippen LogP contribution in [0, 0.1) is 12.8 Å². The van der Waals surface area contributed by atoms with Gasteiger partial charge < -0.3 is 14.7 Å². The third-order valence-corrected chi connectivity index (χ3v) is 4.23. The van der Waals surface area contributed by atoms with Crippen LogP contribution in [0.5, 0.6) is 0 Å². The predicted molar refractivity (Wildman–Crippen MR) is 89.9 cm³/mol. The zero-order valence-electron chi connectivity index (χ0n) is 13.3. The van der Waals surface area contributed by atoms with Gasteiger partial charge in [-0.25, -0.2) is 0 Å². The van der Waals surface area contributed by atoms with Gasteiger partial charge in [0.2, 0.25) is 11.8 Å². The van der Waals surface area contributed by atoms with Gasteiger partial charge in [-0.15, -0.1) is 0 Å². The number of hydrogen-bond acceptors (Lipinski definition) is 4. The Labute approximate surface area is 144 Å². The lowest BCUT2D eigenvalue weighted by Gasteiger charge is -2.16. The summed E-state index contributed by atoms with van der Waals surface area (Å²) in [6.45, 7) is 2.69. The summed E-state index contributed by atoms with van der Waals surface area (Å²) < 4.78 is 5.10. The van der Waals surface area contributed by atoms with Crippen LogP contribution in [0.25, 0.3) is 0 Å². The summed E-state index contributed by atoms with van der Waals surface area (Å²) in [6, 6.07) is 8.88. The monoisotopic (exact) mass is 347 g/mol. The van der Waals surface area contributed by atoms with E-state index in [1.165, 1.54) is 0 Å². The summed E-state index contributed by atoms with van der Waals surface area (Å²) in [5.74, 6) is 0.224. The summed E-state index contributed by atoms with van der Waals surface area (Å²) in [4.78, 5) is 26.0. The molecule has 126 valence electrons. The lowest BCUT2D eigenvalue weighted by Crippen LogP contribution is -2.34. The van der Waals surface area contributed by atoms with Gasteiger partial charge in [0.05, 0.1) is 11.6 Å². The topological polar surface area (TPSA) is 75.4 Å². The summed E-state index contributed by atoms with van der Waals surface area (Å²) in [5, 5.41) is 7.27. The van der Waals surface area contributed by atoms with E-state index in [0.717, 1.165) is 17.1 Å². The molecule has 1 atom stereocenters. The Hall–Kier alpha value is -2.34. The Kier molecular flexibility index (Phi) is 4.85. The molecule has 0 unspecified atom stereocenters. The lowest BCUT2D eigenvalue weighted by atomic mass is 10.1. The van der Waals surface area contributed by atoms with Crippen molar-refractivity contribution in [3.05, 3.63) is 46.8 Å². The molecule has 1 aliphatic heterocycles. The van der Waals surface area contributed by atoms with Gasteiger partial charge in [-0.05, 0) is 31.2 Å². The summed E-state index contributed by atoms with van der Waals surface area (Å²) in [7, 11) is 0. The van der Waals surface area contributed by atoms with Crippen LogP contribution in [0.2, 0.25) is 5.02 Å². The highest BCUT2D eigenvalue weighted by molar-refractivity contribution is 6.30. The largest absolute Gasteiger partial charge is 0.361 e. The van der Waals surface area contributed by atoms with Crippen LogP contribution >= 0.6 is 11.6 Å². The average Bonchev–Trinajstić information content (AvgIpc) is 3.14. The van der Waals surface area contributed by atoms with E-state index in [1.54, 1.807) is 29.2 Å². The van der Waals surface area contributed by atoms with Crippen molar-refractivity contribution < 1.29 is 14.1 Å². The van der Waals surface area contributed by atoms with Crippen LogP contribution in [0.1, 0.15) is 17.9 Å². The third kappa shape index (κ3) is 3.76. The SMILES string of the molecule is Cc1cc(CCNC(=O)[C@@H]2CC(=O)N(c3ccc(Cl)cc3)C2)on1. The van der Waals surface area contributed by atoms with Gasteiger partial charge in [-0.2, -0.15) is 0 Å². The third-order valence-electron chi connectivity index (χ3n) is 3.98. The molecule has 3 rings (SSSR count). The summed E-state index contributed by atoms with van der Waals surface area (Å²) >= 11 is 5.86. The minimum Gasteiger partial charge on any atom is -0.361 e. The Bertz CT molecular complexity index is 742. The highest BCUT2D eigenvalue weighted by atomic mass is 35.5. The molecule has 1 saturated heterocycles. The first-order valence-electron chi connectivity index (χ1n) is 7.79. The minimum absolute atomic E-state index is 0.0525. The molecule has 1 aromatic heterocycles. The average molecular weight is 348 g/mol. The highest BCUT2D eigenvalue weighted by Gasteiger charge is 2.34. The van der Waals surface area contributed by atoms with Gasteiger partial charge >= 0.3 is 0 Å². The molecule has 24 heavy (non-hydrogen) atoms. The molecule has 1 N–H and O–H groups in total. The van der Waals surface area contributed by atoms with Crippen molar-refractivity contribution in [1.29, 1.82) is 0 Å². The second kappa shape index (κ2) is 7.05. The number of anilines is 1. The number of hydrogen-bond donors (Lipinski definition) is 1. The number of halogens is 1. The van der Waals surface area contributed by atoms with Crippen molar-refractivity contribution in [2.45, 2.75) is 19.8 Å². The maximum Gasteiger partial charge on any atom is 0.227 e. The van der Waals surface area contributed by atoms with E-state index in [4.69, 9.17) is 16.1 Å². The van der Waals surface area contributed by atoms with Crippen molar-refractivity contribution in [2.24, 2.45) is 5.92 Å². The van der Waals surface area contributed by atoms with E-state index in [1.807, 2.05) is 13.0 Å². The van der Waals surface area contributed by atoms with Crippen LogP contribution < -0.4 is 10.2 Å². The van der Waals surface area contributed by atoms with Crippen LogP contribution in [0.15, 0.2) is 34.9 Å². The fourth-order valence-electron chi connectivity index (χ4n) is 2.74. The maximum absolute atomic E-state index is 12.3. The summed E-state index contributed by atoms with van der Waals surface area (Å²) in [5.41, 5.74) is 1.58. The molecular formula is C17H18ClN3O3. The molecule has 0 radical (unpaired) electrons. The molecule has 2 amide bonds. The predicted octanol–water partition coefficient (Wildman–Crippen LogP) is 2.35. The van der Waals surface area contributed by atoms with E-state index < -0.39 is 0 Å². The molecule has 0 bridgehead atoms. The Balaban J connectivity index is 1.53. The number of carbonyl (C=O) groups is 2. The van der Waals surface area contributed by atoms with E-state index in [9.17, 15) is 9.59 Å². The zero-order chi connectivity index (χ0) is 17.1. The van der Waals surface area contributed by atoms with E-state index >= 15 is 0 Å². The number of amides is 2. The fourth-order valence-corrected chi connectivity index (χ4v) is 2.87. The number of carbonyl (C=O) groups excluding carboxylic acids is 2. The fraction of sp³-hybridized carbons (Fsp3) is 0.353. The van der Waals surface area contributed by atoms with Crippen LogP contribution in [0.4, 0.5) is 5.69 Å². The summed E-state index contributed by atoms with van der Waals surface area (Å²) in [6.07, 6.45) is 0.796. The number of aromatic nitrogens is 1. The van der Waals surface area contributed by atoms with Gasteiger partial charge in [0.15, 0.2) is 0 Å². The molecule has 1 aromatic carbocycles. The van der Waals surface area contributed by atoms with E-state index in [2.05, 4.69) is 10.5 Å². The van der Waals surface area contributed by atoms with Gasteiger partial charge in [-0.1, -0.05) is 16.8 Å². The Morgan fingerprint density at radius 2 is 2.17 bits per heavy atom. The second-order valence-electron chi connectivity index (χ2n) is 5.86. The number of rotatable bonds is 5. The molecule has 2 aromatic rings. The van der Waals surface area contributed by atoms with Crippen molar-refractivity contribution in [1.82, 2.24) is 10.5 Å². The quantitative estimate of drug-likeness (QED) is 0.900. The first-order valence-corrected chi connectivity index (χ1v) is 8.16. The Morgan fingerprint density at radius 3 is 2.83 bits per heavy atom. The minimum atomic E-state index is -0.343. The molecule has 6 nitrogen and oxygen atoms in total. The first-order chi connectivity index (χ1) is 11.5. The smallest absolute Gasteiger partial charge is 0.227 e. The molecule has 0 aliphatic carbocycles. The molecule has 1 aliphatic rings. The van der Waals surface area contributed by atoms with Crippen LogP contribution in [-0.2, 0) is 16.0 Å². The normalized spacial score (nSPS) is 17.3. The number of aryl methyl sites for hydroxylation is 1. The van der Waals surface area contributed by atoms with Crippen molar-refractivity contribution in [3.63, 3.8) is 0 Å². The number of nitrogens with one attached hydrogen (secondary N) is 1. The van der Waals surface area contributed by atoms with Crippen molar-refractivity contribution in [2.75, 3.05) is 18.0 Å². The van der Waals surface area contributed by atoms with Crippen molar-refractivity contribution in [3.8, 4) is 0 Å². The van der Waals surface area contributed by atoms with Crippen molar-refractivity contribution >= 4 is 29.1 Å². The molecule has 1 fully saturated rings. The highest BCUT2D eigenvalue weighted by Crippen LogP contribution is 2.26. The number of benzene rings is 1.